The van der Waals surface area contributed by atoms with E-state index in [0.717, 1.165) is 17.0 Å². The molecular formula is C12H12ClFN2O3S2. The first-order valence-corrected chi connectivity index (χ1v) is 8.51. The molecule has 0 unspecified atom stereocenters. The largest absolute Gasteiger partial charge is 0.392 e. The van der Waals surface area contributed by atoms with Crippen molar-refractivity contribution >= 4 is 33.0 Å². The molecule has 5 nitrogen and oxygen atoms in total. The third-order valence-corrected chi connectivity index (χ3v) is 5.36. The number of rotatable bonds is 5. The Labute approximate surface area is 130 Å². The maximum Gasteiger partial charge on any atom is 0.241 e. The lowest BCUT2D eigenvalue weighted by Crippen LogP contribution is -2.23. The van der Waals surface area contributed by atoms with Gasteiger partial charge in [-0.2, -0.15) is 0 Å². The van der Waals surface area contributed by atoms with Gasteiger partial charge in [0.15, 0.2) is 0 Å². The van der Waals surface area contributed by atoms with Crippen molar-refractivity contribution in [3.63, 3.8) is 0 Å². The normalized spacial score (nSPS) is 11.8. The number of nitrogens with zero attached hydrogens (tertiary/aromatic N) is 1. The number of hydrogen-bond acceptors (Lipinski definition) is 5. The first-order chi connectivity index (χ1) is 9.83. The van der Waals surface area contributed by atoms with Crippen molar-refractivity contribution in [2.24, 2.45) is 0 Å². The number of aromatic nitrogens is 1. The molecule has 0 atom stereocenters. The van der Waals surface area contributed by atoms with Crippen LogP contribution in [0, 0.1) is 12.7 Å². The van der Waals surface area contributed by atoms with Gasteiger partial charge in [-0.3, -0.25) is 0 Å². The molecule has 0 aliphatic heterocycles. The molecule has 0 saturated carbocycles. The van der Waals surface area contributed by atoms with Gasteiger partial charge in [-0.25, -0.2) is 22.5 Å². The number of sulfonamides is 1. The van der Waals surface area contributed by atoms with Crippen molar-refractivity contribution in [1.82, 2.24) is 9.71 Å². The number of aliphatic hydroxyl groups excluding tert-OH is 1. The summed E-state index contributed by atoms with van der Waals surface area (Å²) >= 11 is 7.00. The van der Waals surface area contributed by atoms with Gasteiger partial charge in [-0.05, 0) is 19.1 Å². The molecule has 0 aliphatic carbocycles. The highest BCUT2D eigenvalue weighted by atomic mass is 35.5. The number of thiazole rings is 1. The van der Waals surface area contributed by atoms with Gasteiger partial charge in [0, 0.05) is 16.6 Å². The Balaban J connectivity index is 2.25. The fourth-order valence-electron chi connectivity index (χ4n) is 1.61. The Morgan fingerprint density at radius 3 is 2.76 bits per heavy atom. The molecule has 2 aromatic rings. The number of benzene rings is 1. The smallest absolute Gasteiger partial charge is 0.241 e. The summed E-state index contributed by atoms with van der Waals surface area (Å²) in [6, 6.07) is 1.96. The molecule has 0 amide bonds. The number of halogens is 2. The summed E-state index contributed by atoms with van der Waals surface area (Å²) in [5.74, 6) is -0.895. The van der Waals surface area contributed by atoms with Gasteiger partial charge in [-0.1, -0.05) is 11.6 Å². The molecule has 0 fully saturated rings. The Kier molecular flexibility index (Phi) is 4.95. The van der Waals surface area contributed by atoms with E-state index in [4.69, 9.17) is 16.7 Å². The summed E-state index contributed by atoms with van der Waals surface area (Å²) in [4.78, 5) is 4.71. The first kappa shape index (κ1) is 16.3. The highest BCUT2D eigenvalue weighted by Gasteiger charge is 2.19. The zero-order valence-corrected chi connectivity index (χ0v) is 13.3. The average molecular weight is 351 g/mol. The molecule has 1 aromatic heterocycles. The Morgan fingerprint density at radius 2 is 2.19 bits per heavy atom. The van der Waals surface area contributed by atoms with Gasteiger partial charge in [0.2, 0.25) is 10.0 Å². The van der Waals surface area contributed by atoms with E-state index in [1.54, 1.807) is 6.20 Å². The average Bonchev–Trinajstić information content (AvgIpc) is 2.85. The minimum Gasteiger partial charge on any atom is -0.392 e. The van der Waals surface area contributed by atoms with Crippen molar-refractivity contribution in [2.45, 2.75) is 25.0 Å². The third-order valence-electron chi connectivity index (χ3n) is 2.64. The van der Waals surface area contributed by atoms with E-state index in [1.165, 1.54) is 11.3 Å². The zero-order valence-electron chi connectivity index (χ0n) is 10.9. The standard InChI is InChI=1S/C12H12ClFN2O3S2/c1-7-4-15-11(20-7)5-16-21(18,19)9-2-8(6-17)12(13)10(14)3-9/h2-4,16-17H,5-6H2,1H3. The lowest BCUT2D eigenvalue weighted by Gasteiger charge is -2.09. The monoisotopic (exact) mass is 350 g/mol. The fourth-order valence-corrected chi connectivity index (χ4v) is 3.65. The molecule has 1 heterocycles. The molecule has 2 rings (SSSR count). The van der Waals surface area contributed by atoms with Crippen LogP contribution in [0.5, 0.6) is 0 Å². The van der Waals surface area contributed by atoms with Crippen LogP contribution in [0.1, 0.15) is 15.4 Å². The van der Waals surface area contributed by atoms with Crippen LogP contribution in [0.25, 0.3) is 0 Å². The quantitative estimate of drug-likeness (QED) is 0.866. The van der Waals surface area contributed by atoms with E-state index in [2.05, 4.69) is 9.71 Å². The molecule has 1 aromatic carbocycles. The van der Waals surface area contributed by atoms with Crippen LogP contribution in [0.4, 0.5) is 4.39 Å². The summed E-state index contributed by atoms with van der Waals surface area (Å²) < 4.78 is 40.1. The lowest BCUT2D eigenvalue weighted by atomic mass is 10.2. The van der Waals surface area contributed by atoms with Crippen LogP contribution in [0.3, 0.4) is 0 Å². The van der Waals surface area contributed by atoms with Crippen molar-refractivity contribution in [3.05, 3.63) is 44.6 Å². The van der Waals surface area contributed by atoms with Crippen molar-refractivity contribution < 1.29 is 17.9 Å². The van der Waals surface area contributed by atoms with E-state index in [0.29, 0.717) is 5.01 Å². The number of hydrogen-bond donors (Lipinski definition) is 2. The second-order valence-corrected chi connectivity index (χ2v) is 7.69. The molecule has 0 aliphatic rings. The second-order valence-electron chi connectivity index (χ2n) is 4.23. The van der Waals surface area contributed by atoms with Gasteiger partial charge in [0.1, 0.15) is 10.8 Å². The van der Waals surface area contributed by atoms with E-state index < -0.39 is 22.4 Å². The maximum absolute atomic E-state index is 13.6. The van der Waals surface area contributed by atoms with Gasteiger partial charge >= 0.3 is 0 Å². The predicted octanol–water partition coefficient (Wildman–Crippen LogP) is 2.21. The number of aryl methyl sites for hydroxylation is 1. The van der Waals surface area contributed by atoms with Gasteiger partial charge in [-0.15, -0.1) is 11.3 Å². The maximum atomic E-state index is 13.6. The Bertz CT molecular complexity index is 762. The van der Waals surface area contributed by atoms with Crippen molar-refractivity contribution in [1.29, 1.82) is 0 Å². The SMILES string of the molecule is Cc1cnc(CNS(=O)(=O)c2cc(F)c(Cl)c(CO)c2)s1. The number of aliphatic hydroxyl groups is 1. The summed E-state index contributed by atoms with van der Waals surface area (Å²) in [7, 11) is -3.91. The molecular weight excluding hydrogens is 339 g/mol. The van der Waals surface area contributed by atoms with Gasteiger partial charge < -0.3 is 5.11 Å². The van der Waals surface area contributed by atoms with Crippen molar-refractivity contribution in [2.75, 3.05) is 0 Å². The minimum atomic E-state index is -3.91. The van der Waals surface area contributed by atoms with E-state index in [9.17, 15) is 12.8 Å². The zero-order chi connectivity index (χ0) is 15.6. The molecule has 2 N–H and O–H groups in total. The molecule has 9 heteroatoms. The highest BCUT2D eigenvalue weighted by Crippen LogP contribution is 2.24. The fraction of sp³-hybridized carbons (Fsp3) is 0.250. The highest BCUT2D eigenvalue weighted by molar-refractivity contribution is 7.89. The molecule has 0 saturated heterocycles. The summed E-state index contributed by atoms with van der Waals surface area (Å²) in [6.45, 7) is 1.32. The van der Waals surface area contributed by atoms with Crippen LogP contribution in [-0.4, -0.2) is 18.5 Å². The van der Waals surface area contributed by atoms with Gasteiger partial charge in [0.25, 0.3) is 0 Å². The van der Waals surface area contributed by atoms with Crippen molar-refractivity contribution in [3.8, 4) is 0 Å². The predicted molar refractivity (Wildman–Crippen MR) is 78.2 cm³/mol. The lowest BCUT2D eigenvalue weighted by molar-refractivity contribution is 0.281. The van der Waals surface area contributed by atoms with Gasteiger partial charge in [0.05, 0.1) is 23.1 Å². The summed E-state index contributed by atoms with van der Waals surface area (Å²) in [5.41, 5.74) is 0.0159. The topological polar surface area (TPSA) is 79.3 Å². The van der Waals surface area contributed by atoms with Crippen LogP contribution in [0.2, 0.25) is 5.02 Å². The summed E-state index contributed by atoms with van der Waals surface area (Å²) in [6.07, 6.45) is 1.64. The second kappa shape index (κ2) is 6.37. The molecule has 114 valence electrons. The Hall–Kier alpha value is -1.06. The summed E-state index contributed by atoms with van der Waals surface area (Å²) in [5, 5.41) is 9.39. The molecule has 21 heavy (non-hydrogen) atoms. The Morgan fingerprint density at radius 1 is 1.48 bits per heavy atom. The van der Waals surface area contributed by atoms with E-state index in [1.807, 2.05) is 6.92 Å². The van der Waals surface area contributed by atoms with Crippen LogP contribution in [0.15, 0.2) is 23.2 Å². The third kappa shape index (κ3) is 3.78. The minimum absolute atomic E-state index is 0.0134. The van der Waals surface area contributed by atoms with Crippen LogP contribution < -0.4 is 4.72 Å². The van der Waals surface area contributed by atoms with E-state index >= 15 is 0 Å². The molecule has 0 radical (unpaired) electrons. The molecule has 0 spiro atoms. The first-order valence-electron chi connectivity index (χ1n) is 5.83. The van der Waals surface area contributed by atoms with Crippen LogP contribution in [-0.2, 0) is 23.2 Å². The molecule has 0 bridgehead atoms. The van der Waals surface area contributed by atoms with Crippen LogP contribution >= 0.6 is 22.9 Å². The van der Waals surface area contributed by atoms with E-state index in [-0.39, 0.29) is 22.0 Å². The number of nitrogens with one attached hydrogen (secondary N) is 1.